The molecule has 1 amide bonds. The first-order valence-corrected chi connectivity index (χ1v) is 7.18. The van der Waals surface area contributed by atoms with Gasteiger partial charge in [0.15, 0.2) is 5.76 Å². The molecule has 1 fully saturated rings. The van der Waals surface area contributed by atoms with E-state index in [1.165, 1.54) is 11.8 Å². The summed E-state index contributed by atoms with van der Waals surface area (Å²) < 4.78 is 11.2. The fourth-order valence-corrected chi connectivity index (χ4v) is 2.64. The second kappa shape index (κ2) is 5.74. The maximum atomic E-state index is 12.4. The zero-order valence-electron chi connectivity index (χ0n) is 12.3. The Kier molecular flexibility index (Phi) is 3.80. The normalized spacial score (nSPS) is 22.3. The number of rotatable bonds is 2. The van der Waals surface area contributed by atoms with Crippen molar-refractivity contribution in [2.45, 2.75) is 26.1 Å². The highest BCUT2D eigenvalue weighted by Crippen LogP contribution is 2.26. The number of furan rings is 1. The molecule has 2 unspecified atom stereocenters. The summed E-state index contributed by atoms with van der Waals surface area (Å²) >= 11 is 0. The number of hydrogen-bond acceptors (Lipinski definition) is 3. The predicted octanol–water partition coefficient (Wildman–Crippen LogP) is 3.19. The molecule has 1 aromatic heterocycles. The first kappa shape index (κ1) is 13.9. The van der Waals surface area contributed by atoms with E-state index in [4.69, 9.17) is 9.15 Å². The molecule has 0 N–H and O–H groups in total. The third-order valence-corrected chi connectivity index (χ3v) is 3.73. The molecule has 0 aliphatic carbocycles. The lowest BCUT2D eigenvalue weighted by Gasteiger charge is -2.36. The number of morpholine rings is 1. The molecule has 2 aromatic rings. The van der Waals surface area contributed by atoms with Gasteiger partial charge in [0.05, 0.1) is 18.9 Å². The fourth-order valence-electron chi connectivity index (χ4n) is 2.64. The maximum Gasteiger partial charge on any atom is 0.289 e. The minimum atomic E-state index is -0.0896. The van der Waals surface area contributed by atoms with Gasteiger partial charge in [-0.2, -0.15) is 0 Å². The lowest BCUT2D eigenvalue weighted by Crippen LogP contribution is -2.45. The largest absolute Gasteiger partial charge is 0.459 e. The van der Waals surface area contributed by atoms with E-state index in [9.17, 15) is 4.79 Å². The summed E-state index contributed by atoms with van der Waals surface area (Å²) in [6.07, 6.45) is 1.44. The van der Waals surface area contributed by atoms with Crippen LogP contribution < -0.4 is 0 Å². The van der Waals surface area contributed by atoms with Crippen molar-refractivity contribution < 1.29 is 13.9 Å². The van der Waals surface area contributed by atoms with E-state index < -0.39 is 0 Å². The van der Waals surface area contributed by atoms with Crippen molar-refractivity contribution in [2.75, 3.05) is 13.1 Å². The quantitative estimate of drug-likeness (QED) is 0.851. The van der Waals surface area contributed by atoms with Gasteiger partial charge in [0.1, 0.15) is 6.10 Å². The molecule has 0 bridgehead atoms. The van der Waals surface area contributed by atoms with Gasteiger partial charge in [0.2, 0.25) is 0 Å². The second-order valence-electron chi connectivity index (χ2n) is 5.53. The van der Waals surface area contributed by atoms with Gasteiger partial charge < -0.3 is 14.1 Å². The van der Waals surface area contributed by atoms with Gasteiger partial charge >= 0.3 is 0 Å². The summed E-state index contributed by atoms with van der Waals surface area (Å²) in [7, 11) is 0. The number of aryl methyl sites for hydroxylation is 1. The maximum absolute atomic E-state index is 12.4. The van der Waals surface area contributed by atoms with Crippen LogP contribution in [0.4, 0.5) is 0 Å². The summed E-state index contributed by atoms with van der Waals surface area (Å²) in [5, 5.41) is 0. The van der Waals surface area contributed by atoms with Crippen LogP contribution in [0.25, 0.3) is 0 Å². The molecule has 0 saturated carbocycles. The molecule has 4 nitrogen and oxygen atoms in total. The number of carbonyl (C=O) groups is 1. The molecule has 110 valence electrons. The number of ether oxygens (including phenoxy) is 1. The highest BCUT2D eigenvalue weighted by Gasteiger charge is 2.30. The van der Waals surface area contributed by atoms with E-state index in [0.717, 1.165) is 5.56 Å². The molecule has 1 aromatic carbocycles. The van der Waals surface area contributed by atoms with Crippen LogP contribution in [-0.4, -0.2) is 30.0 Å². The third kappa shape index (κ3) is 3.00. The molecule has 2 atom stereocenters. The van der Waals surface area contributed by atoms with Gasteiger partial charge in [-0.05, 0) is 31.5 Å². The summed E-state index contributed by atoms with van der Waals surface area (Å²) in [4.78, 5) is 14.2. The van der Waals surface area contributed by atoms with Gasteiger partial charge in [-0.15, -0.1) is 0 Å². The molecular weight excluding hydrogens is 266 g/mol. The van der Waals surface area contributed by atoms with E-state index in [0.29, 0.717) is 18.8 Å². The van der Waals surface area contributed by atoms with Crippen LogP contribution in [0, 0.1) is 6.92 Å². The second-order valence-corrected chi connectivity index (χ2v) is 5.53. The Hall–Kier alpha value is -2.07. The van der Waals surface area contributed by atoms with Crippen LogP contribution in [-0.2, 0) is 4.74 Å². The highest BCUT2D eigenvalue weighted by atomic mass is 16.5. The van der Waals surface area contributed by atoms with Crippen molar-refractivity contribution in [3.63, 3.8) is 0 Å². The Labute approximate surface area is 124 Å². The average molecular weight is 285 g/mol. The summed E-state index contributed by atoms with van der Waals surface area (Å²) in [6, 6.07) is 11.7. The van der Waals surface area contributed by atoms with E-state index in [2.05, 4.69) is 31.2 Å². The Morgan fingerprint density at radius 2 is 1.95 bits per heavy atom. The predicted molar refractivity (Wildman–Crippen MR) is 79.1 cm³/mol. The first-order valence-electron chi connectivity index (χ1n) is 7.18. The highest BCUT2D eigenvalue weighted by molar-refractivity contribution is 5.91. The van der Waals surface area contributed by atoms with Gasteiger partial charge in [-0.25, -0.2) is 0 Å². The Morgan fingerprint density at radius 3 is 2.62 bits per heavy atom. The van der Waals surface area contributed by atoms with Crippen LogP contribution in [0.2, 0.25) is 0 Å². The molecular formula is C17H19NO3. The van der Waals surface area contributed by atoms with Gasteiger partial charge in [0.25, 0.3) is 5.91 Å². The minimum absolute atomic E-state index is 0.00367. The van der Waals surface area contributed by atoms with Crippen LogP contribution in [0.5, 0.6) is 0 Å². The summed E-state index contributed by atoms with van der Waals surface area (Å²) in [6.45, 7) is 5.18. The molecule has 1 aliphatic heterocycles. The monoisotopic (exact) mass is 285 g/mol. The van der Waals surface area contributed by atoms with Crippen LogP contribution >= 0.6 is 0 Å². The topological polar surface area (TPSA) is 42.7 Å². The van der Waals surface area contributed by atoms with Crippen molar-refractivity contribution in [1.29, 1.82) is 0 Å². The smallest absolute Gasteiger partial charge is 0.289 e. The molecule has 3 rings (SSSR count). The van der Waals surface area contributed by atoms with Gasteiger partial charge in [-0.3, -0.25) is 4.79 Å². The van der Waals surface area contributed by atoms with Gasteiger partial charge in [0, 0.05) is 6.54 Å². The number of amides is 1. The molecule has 21 heavy (non-hydrogen) atoms. The van der Waals surface area contributed by atoms with Crippen molar-refractivity contribution in [1.82, 2.24) is 4.90 Å². The fraction of sp³-hybridized carbons (Fsp3) is 0.353. The third-order valence-electron chi connectivity index (χ3n) is 3.73. The lowest BCUT2D eigenvalue weighted by atomic mass is 10.0. The lowest BCUT2D eigenvalue weighted by molar-refractivity contribution is -0.0697. The SMILES string of the molecule is Cc1ccc(C2CN(C(=O)c3ccco3)CC(C)O2)cc1. The number of benzene rings is 1. The van der Waals surface area contributed by atoms with Crippen molar-refractivity contribution in [3.05, 3.63) is 59.5 Å². The van der Waals surface area contributed by atoms with E-state index in [1.807, 2.05) is 6.92 Å². The van der Waals surface area contributed by atoms with Crippen LogP contribution in [0.1, 0.15) is 34.7 Å². The number of hydrogen-bond donors (Lipinski definition) is 0. The Balaban J connectivity index is 1.78. The number of nitrogens with zero attached hydrogens (tertiary/aromatic N) is 1. The molecule has 0 spiro atoms. The van der Waals surface area contributed by atoms with E-state index in [1.54, 1.807) is 17.0 Å². The Bertz CT molecular complexity index is 603. The minimum Gasteiger partial charge on any atom is -0.459 e. The van der Waals surface area contributed by atoms with Crippen molar-refractivity contribution in [3.8, 4) is 0 Å². The standard InChI is InChI=1S/C17H19NO3/c1-12-5-7-14(8-6-12)16-11-18(10-13(2)21-16)17(19)15-4-3-9-20-15/h3-9,13,16H,10-11H2,1-2H3. The number of carbonyl (C=O) groups excluding carboxylic acids is 1. The average Bonchev–Trinajstić information content (AvgIpc) is 3.00. The molecule has 0 radical (unpaired) electrons. The van der Waals surface area contributed by atoms with Crippen molar-refractivity contribution in [2.24, 2.45) is 0 Å². The van der Waals surface area contributed by atoms with Crippen LogP contribution in [0.3, 0.4) is 0 Å². The van der Waals surface area contributed by atoms with E-state index in [-0.39, 0.29) is 18.1 Å². The molecule has 1 saturated heterocycles. The van der Waals surface area contributed by atoms with E-state index >= 15 is 0 Å². The Morgan fingerprint density at radius 1 is 1.19 bits per heavy atom. The van der Waals surface area contributed by atoms with Crippen molar-refractivity contribution >= 4 is 5.91 Å². The van der Waals surface area contributed by atoms with Crippen LogP contribution in [0.15, 0.2) is 47.1 Å². The molecule has 2 heterocycles. The summed E-state index contributed by atoms with van der Waals surface area (Å²) in [5.41, 5.74) is 2.32. The first-order chi connectivity index (χ1) is 10.1. The molecule has 4 heteroatoms. The molecule has 1 aliphatic rings. The van der Waals surface area contributed by atoms with Gasteiger partial charge in [-0.1, -0.05) is 29.8 Å². The zero-order chi connectivity index (χ0) is 14.8. The zero-order valence-corrected chi connectivity index (χ0v) is 12.3. The summed E-state index contributed by atoms with van der Waals surface area (Å²) in [5.74, 6) is 0.305.